The molecule has 1 rings (SSSR count). The fourth-order valence-electron chi connectivity index (χ4n) is 2.19. The molecule has 7 nitrogen and oxygen atoms in total. The molecule has 1 heterocycles. The van der Waals surface area contributed by atoms with E-state index in [1.165, 1.54) is 0 Å². The molecular weight excluding hydrogens is 286 g/mol. The number of amides is 2. The van der Waals surface area contributed by atoms with Crippen LogP contribution < -0.4 is 11.1 Å². The maximum Gasteiger partial charge on any atom is 0.223 e. The molecule has 126 valence electrons. The summed E-state index contributed by atoms with van der Waals surface area (Å²) in [6.07, 6.45) is 0.887. The van der Waals surface area contributed by atoms with Crippen molar-refractivity contribution in [3.05, 3.63) is 0 Å². The Morgan fingerprint density at radius 1 is 1.41 bits per heavy atom. The Morgan fingerprint density at radius 2 is 2.05 bits per heavy atom. The second-order valence-electron chi connectivity index (χ2n) is 6.70. The van der Waals surface area contributed by atoms with Crippen molar-refractivity contribution in [3.63, 3.8) is 0 Å². The summed E-state index contributed by atoms with van der Waals surface area (Å²) >= 11 is 0. The van der Waals surface area contributed by atoms with E-state index in [2.05, 4.69) is 5.32 Å². The number of primary amides is 1. The predicted octanol–water partition coefficient (Wildman–Crippen LogP) is -0.317. The Labute approximate surface area is 131 Å². The van der Waals surface area contributed by atoms with Gasteiger partial charge in [0.25, 0.3) is 0 Å². The van der Waals surface area contributed by atoms with Gasteiger partial charge >= 0.3 is 0 Å². The summed E-state index contributed by atoms with van der Waals surface area (Å²) < 4.78 is 5.45. The van der Waals surface area contributed by atoms with Gasteiger partial charge in [-0.05, 0) is 26.9 Å². The minimum atomic E-state index is -0.738. The summed E-state index contributed by atoms with van der Waals surface area (Å²) in [7, 11) is 3.88. The van der Waals surface area contributed by atoms with Gasteiger partial charge in [0.1, 0.15) is 12.6 Å². The number of hydrogen-bond donors (Lipinski definition) is 2. The van der Waals surface area contributed by atoms with E-state index in [9.17, 15) is 14.4 Å². The standard InChI is InChI=1S/C15H27N3O4/c1-15(2,14(16)21)7-5-12(20)17-13-10(19)9-22-11(13)6-8-18(3)4/h11,13H,5-9H2,1-4H3,(H2,16,21)(H,17,20). The van der Waals surface area contributed by atoms with Crippen LogP contribution in [0.15, 0.2) is 0 Å². The number of ketones is 1. The molecule has 0 aromatic carbocycles. The lowest BCUT2D eigenvalue weighted by Crippen LogP contribution is -2.46. The molecule has 1 aliphatic heterocycles. The van der Waals surface area contributed by atoms with Gasteiger partial charge in [0, 0.05) is 18.4 Å². The largest absolute Gasteiger partial charge is 0.369 e. The third kappa shape index (κ3) is 5.38. The number of nitrogens with zero attached hydrogens (tertiary/aromatic N) is 1. The van der Waals surface area contributed by atoms with Crippen LogP contribution in [0.3, 0.4) is 0 Å². The molecule has 2 unspecified atom stereocenters. The molecule has 2 atom stereocenters. The second-order valence-corrected chi connectivity index (χ2v) is 6.70. The van der Waals surface area contributed by atoms with Crippen molar-refractivity contribution in [2.75, 3.05) is 27.2 Å². The van der Waals surface area contributed by atoms with Crippen LogP contribution in [-0.2, 0) is 19.1 Å². The van der Waals surface area contributed by atoms with Gasteiger partial charge in [0.05, 0.1) is 6.10 Å². The van der Waals surface area contributed by atoms with Gasteiger partial charge in [0.15, 0.2) is 5.78 Å². The molecule has 0 radical (unpaired) electrons. The number of ether oxygens (including phenoxy) is 1. The molecule has 0 aromatic heterocycles. The first-order chi connectivity index (χ1) is 10.1. The zero-order chi connectivity index (χ0) is 16.9. The topological polar surface area (TPSA) is 102 Å². The lowest BCUT2D eigenvalue weighted by molar-refractivity contribution is -0.129. The summed E-state index contributed by atoms with van der Waals surface area (Å²) in [4.78, 5) is 37.1. The van der Waals surface area contributed by atoms with Crippen LogP contribution in [0.5, 0.6) is 0 Å². The number of nitrogens with two attached hydrogens (primary N) is 1. The van der Waals surface area contributed by atoms with Crippen molar-refractivity contribution < 1.29 is 19.1 Å². The van der Waals surface area contributed by atoms with Crippen molar-refractivity contribution >= 4 is 17.6 Å². The molecule has 22 heavy (non-hydrogen) atoms. The molecule has 1 saturated heterocycles. The molecule has 1 aliphatic rings. The number of hydrogen-bond acceptors (Lipinski definition) is 5. The average Bonchev–Trinajstić information content (AvgIpc) is 2.75. The SMILES string of the molecule is CN(C)CCC1OCC(=O)C1NC(=O)CCC(C)(C)C(N)=O. The maximum atomic E-state index is 12.0. The van der Waals surface area contributed by atoms with Gasteiger partial charge in [-0.2, -0.15) is 0 Å². The van der Waals surface area contributed by atoms with E-state index in [1.807, 2.05) is 19.0 Å². The summed E-state index contributed by atoms with van der Waals surface area (Å²) in [5.41, 5.74) is 4.54. The van der Waals surface area contributed by atoms with Crippen LogP contribution in [0.4, 0.5) is 0 Å². The summed E-state index contributed by atoms with van der Waals surface area (Å²) in [6, 6.07) is -0.593. The fraction of sp³-hybridized carbons (Fsp3) is 0.800. The predicted molar refractivity (Wildman–Crippen MR) is 82.1 cm³/mol. The quantitative estimate of drug-likeness (QED) is 0.639. The first-order valence-electron chi connectivity index (χ1n) is 7.52. The Bertz CT molecular complexity index is 435. The zero-order valence-electron chi connectivity index (χ0n) is 13.8. The maximum absolute atomic E-state index is 12.0. The van der Waals surface area contributed by atoms with Crippen LogP contribution in [0.25, 0.3) is 0 Å². The molecule has 1 fully saturated rings. The third-order valence-corrected chi connectivity index (χ3v) is 3.98. The number of rotatable bonds is 8. The first kappa shape index (κ1) is 18.6. The third-order valence-electron chi connectivity index (χ3n) is 3.98. The number of Topliss-reactive ketones (excluding diaryl/α,β-unsaturated/α-hetero) is 1. The van der Waals surface area contributed by atoms with Crippen LogP contribution >= 0.6 is 0 Å². The molecule has 0 aliphatic carbocycles. The highest BCUT2D eigenvalue weighted by Crippen LogP contribution is 2.22. The molecule has 0 saturated carbocycles. The molecule has 0 aromatic rings. The van der Waals surface area contributed by atoms with E-state index in [4.69, 9.17) is 10.5 Å². The summed E-state index contributed by atoms with van der Waals surface area (Å²) in [6.45, 7) is 4.22. The molecule has 7 heteroatoms. The Hall–Kier alpha value is -1.47. The molecular formula is C15H27N3O4. The van der Waals surface area contributed by atoms with E-state index in [1.54, 1.807) is 13.8 Å². The number of carbonyl (C=O) groups is 3. The van der Waals surface area contributed by atoms with Crippen molar-refractivity contribution in [3.8, 4) is 0 Å². The van der Waals surface area contributed by atoms with Crippen LogP contribution in [0.1, 0.15) is 33.1 Å². The van der Waals surface area contributed by atoms with Crippen LogP contribution in [-0.4, -0.2) is 61.9 Å². The number of carbonyl (C=O) groups excluding carboxylic acids is 3. The second kappa shape index (κ2) is 7.69. The van der Waals surface area contributed by atoms with Crippen molar-refractivity contribution in [1.82, 2.24) is 10.2 Å². The molecule has 2 amide bonds. The van der Waals surface area contributed by atoms with Crippen molar-refractivity contribution in [1.29, 1.82) is 0 Å². The van der Waals surface area contributed by atoms with Gasteiger partial charge in [-0.25, -0.2) is 0 Å². The first-order valence-corrected chi connectivity index (χ1v) is 7.52. The van der Waals surface area contributed by atoms with Gasteiger partial charge in [-0.1, -0.05) is 13.8 Å². The number of nitrogens with one attached hydrogen (secondary N) is 1. The van der Waals surface area contributed by atoms with E-state index in [0.29, 0.717) is 12.8 Å². The van der Waals surface area contributed by atoms with Gasteiger partial charge in [0.2, 0.25) is 11.8 Å². The highest BCUT2D eigenvalue weighted by atomic mass is 16.5. The van der Waals surface area contributed by atoms with E-state index in [-0.39, 0.29) is 30.8 Å². The van der Waals surface area contributed by atoms with Crippen LogP contribution in [0, 0.1) is 5.41 Å². The zero-order valence-corrected chi connectivity index (χ0v) is 13.8. The monoisotopic (exact) mass is 313 g/mol. The lowest BCUT2D eigenvalue weighted by Gasteiger charge is -2.22. The summed E-state index contributed by atoms with van der Waals surface area (Å²) in [5, 5.41) is 2.73. The van der Waals surface area contributed by atoms with E-state index >= 15 is 0 Å². The summed E-state index contributed by atoms with van der Waals surface area (Å²) in [5.74, 6) is -0.802. The molecule has 3 N–H and O–H groups in total. The van der Waals surface area contributed by atoms with Crippen molar-refractivity contribution in [2.45, 2.75) is 45.3 Å². The van der Waals surface area contributed by atoms with Gasteiger partial charge in [-0.3, -0.25) is 14.4 Å². The Balaban J connectivity index is 2.50. The van der Waals surface area contributed by atoms with E-state index < -0.39 is 17.4 Å². The minimum Gasteiger partial charge on any atom is -0.369 e. The minimum absolute atomic E-state index is 0.0375. The van der Waals surface area contributed by atoms with Gasteiger partial charge in [-0.15, -0.1) is 0 Å². The highest BCUT2D eigenvalue weighted by Gasteiger charge is 2.37. The lowest BCUT2D eigenvalue weighted by atomic mass is 9.87. The Morgan fingerprint density at radius 3 is 2.59 bits per heavy atom. The highest BCUT2D eigenvalue weighted by molar-refractivity contribution is 5.92. The fourth-order valence-corrected chi connectivity index (χ4v) is 2.19. The van der Waals surface area contributed by atoms with Gasteiger partial charge < -0.3 is 20.7 Å². The normalized spacial score (nSPS) is 22.1. The van der Waals surface area contributed by atoms with Crippen molar-refractivity contribution in [2.24, 2.45) is 11.1 Å². The van der Waals surface area contributed by atoms with E-state index in [0.717, 1.165) is 6.54 Å². The van der Waals surface area contributed by atoms with Crippen LogP contribution in [0.2, 0.25) is 0 Å². The molecule has 0 spiro atoms. The Kier molecular flexibility index (Phi) is 6.49. The molecule has 0 bridgehead atoms. The smallest absolute Gasteiger partial charge is 0.223 e. The average molecular weight is 313 g/mol.